The molecule has 6 nitrogen and oxygen atoms in total. The number of aryl methyl sites for hydroxylation is 3. The number of aromatic nitrogens is 3. The highest BCUT2D eigenvalue weighted by atomic mass is 32.2. The van der Waals surface area contributed by atoms with Gasteiger partial charge in [-0.25, -0.2) is 4.52 Å². The third kappa shape index (κ3) is 4.22. The smallest absolute Gasteiger partial charge is 0.156 e. The summed E-state index contributed by atoms with van der Waals surface area (Å²) in [5.41, 5.74) is 7.63. The van der Waals surface area contributed by atoms with Gasteiger partial charge in [-0.2, -0.15) is 5.10 Å². The highest BCUT2D eigenvalue weighted by molar-refractivity contribution is 7.98. The summed E-state index contributed by atoms with van der Waals surface area (Å²) >= 11 is 1.68. The predicted molar refractivity (Wildman–Crippen MR) is 133 cm³/mol. The van der Waals surface area contributed by atoms with Crippen molar-refractivity contribution in [1.29, 1.82) is 0 Å². The first-order chi connectivity index (χ1) is 16.0. The highest BCUT2D eigenvalue weighted by Gasteiger charge is 2.29. The average molecular weight is 463 g/mol. The molecule has 1 aromatic carbocycles. The first-order valence-corrected chi connectivity index (χ1v) is 12.6. The number of anilines is 1. The highest BCUT2D eigenvalue weighted by Crippen LogP contribution is 2.41. The molecular formula is C26H30N4O2S. The summed E-state index contributed by atoms with van der Waals surface area (Å²) < 4.78 is 13.5. The van der Waals surface area contributed by atoms with Crippen LogP contribution in [0.1, 0.15) is 35.4 Å². The van der Waals surface area contributed by atoms with E-state index >= 15 is 0 Å². The van der Waals surface area contributed by atoms with Crippen molar-refractivity contribution in [1.82, 2.24) is 14.8 Å². The first kappa shape index (κ1) is 21.9. The van der Waals surface area contributed by atoms with Gasteiger partial charge in [-0.15, -0.1) is 11.8 Å². The van der Waals surface area contributed by atoms with Gasteiger partial charge in [0.2, 0.25) is 0 Å². The van der Waals surface area contributed by atoms with Gasteiger partial charge in [0, 0.05) is 18.2 Å². The van der Waals surface area contributed by atoms with E-state index in [0.29, 0.717) is 6.54 Å². The number of nitrogens with zero attached hydrogens (tertiary/aromatic N) is 4. The third-order valence-corrected chi connectivity index (χ3v) is 6.89. The SMILES string of the molecule is COc1cc(C)cc(C)c1-c1cccc2c(N(Cc3cc(C)no3)CC3CC3)c(SC)nn12. The minimum atomic E-state index is 0.684. The molecule has 0 atom stereocenters. The van der Waals surface area contributed by atoms with Crippen molar-refractivity contribution in [2.24, 2.45) is 5.92 Å². The summed E-state index contributed by atoms with van der Waals surface area (Å²) in [6, 6.07) is 12.7. The zero-order valence-electron chi connectivity index (χ0n) is 19.9. The van der Waals surface area contributed by atoms with Crippen molar-refractivity contribution in [3.05, 3.63) is 59.0 Å². The molecule has 0 bridgehead atoms. The molecule has 0 amide bonds. The fraction of sp³-hybridized carbons (Fsp3) is 0.385. The Balaban J connectivity index is 1.67. The molecule has 33 heavy (non-hydrogen) atoms. The van der Waals surface area contributed by atoms with E-state index in [-0.39, 0.29) is 0 Å². The van der Waals surface area contributed by atoms with Gasteiger partial charge in [0.25, 0.3) is 0 Å². The van der Waals surface area contributed by atoms with Crippen molar-refractivity contribution < 1.29 is 9.26 Å². The zero-order valence-corrected chi connectivity index (χ0v) is 20.7. The molecule has 0 radical (unpaired) electrons. The lowest BCUT2D eigenvalue weighted by molar-refractivity contribution is 0.376. The number of hydrogen-bond donors (Lipinski definition) is 0. The second-order valence-electron chi connectivity index (χ2n) is 8.98. The first-order valence-electron chi connectivity index (χ1n) is 11.4. The van der Waals surface area contributed by atoms with E-state index in [1.54, 1.807) is 18.9 Å². The predicted octanol–water partition coefficient (Wildman–Crippen LogP) is 6.06. The van der Waals surface area contributed by atoms with Gasteiger partial charge < -0.3 is 14.2 Å². The second-order valence-corrected chi connectivity index (χ2v) is 9.78. The molecule has 0 saturated heterocycles. The molecule has 3 aromatic heterocycles. The van der Waals surface area contributed by atoms with Gasteiger partial charge in [0.05, 0.1) is 36.2 Å². The Kier molecular flexibility index (Phi) is 5.83. The lowest BCUT2D eigenvalue weighted by atomic mass is 10.0. The molecule has 0 aliphatic heterocycles. The van der Waals surface area contributed by atoms with Gasteiger partial charge in [0.1, 0.15) is 10.8 Å². The molecule has 1 aliphatic carbocycles. The van der Waals surface area contributed by atoms with E-state index in [1.807, 2.05) is 13.0 Å². The van der Waals surface area contributed by atoms with Crippen LogP contribution in [0, 0.1) is 26.7 Å². The van der Waals surface area contributed by atoms with Crippen LogP contribution in [0.5, 0.6) is 5.75 Å². The van der Waals surface area contributed by atoms with E-state index in [9.17, 15) is 0 Å². The Morgan fingerprint density at radius 1 is 1.18 bits per heavy atom. The number of fused-ring (bicyclic) bond motifs is 1. The maximum absolute atomic E-state index is 5.79. The molecule has 1 saturated carbocycles. The maximum Gasteiger partial charge on any atom is 0.156 e. The molecule has 1 fully saturated rings. The number of methoxy groups -OCH3 is 1. The van der Waals surface area contributed by atoms with E-state index < -0.39 is 0 Å². The molecule has 0 unspecified atom stereocenters. The molecule has 7 heteroatoms. The van der Waals surface area contributed by atoms with Crippen molar-refractivity contribution in [2.75, 3.05) is 24.8 Å². The van der Waals surface area contributed by atoms with Crippen molar-refractivity contribution in [3.63, 3.8) is 0 Å². The number of ether oxygens (including phenoxy) is 1. The lowest BCUT2D eigenvalue weighted by Crippen LogP contribution is -2.25. The van der Waals surface area contributed by atoms with Crippen LogP contribution in [-0.4, -0.2) is 34.7 Å². The summed E-state index contributed by atoms with van der Waals surface area (Å²) in [6.45, 7) is 7.87. The average Bonchev–Trinajstić information content (AvgIpc) is 3.38. The third-order valence-electron chi connectivity index (χ3n) is 6.23. The van der Waals surface area contributed by atoms with E-state index in [1.165, 1.54) is 24.0 Å². The van der Waals surface area contributed by atoms with Gasteiger partial charge >= 0.3 is 0 Å². The Labute approximate surface area is 198 Å². The molecule has 0 N–H and O–H groups in total. The Bertz CT molecular complexity index is 1310. The van der Waals surface area contributed by atoms with Crippen molar-refractivity contribution in [2.45, 2.75) is 45.2 Å². The monoisotopic (exact) mass is 462 g/mol. The van der Waals surface area contributed by atoms with Crippen molar-refractivity contribution in [3.8, 4) is 17.0 Å². The Hall–Kier alpha value is -2.93. The van der Waals surface area contributed by atoms with Crippen LogP contribution in [0.2, 0.25) is 0 Å². The van der Waals surface area contributed by atoms with Crippen LogP contribution in [0.4, 0.5) is 5.69 Å². The number of hydrogen-bond acceptors (Lipinski definition) is 6. The lowest BCUT2D eigenvalue weighted by Gasteiger charge is -2.23. The molecule has 5 rings (SSSR count). The van der Waals surface area contributed by atoms with E-state index in [2.05, 4.69) is 65.0 Å². The van der Waals surface area contributed by atoms with Crippen LogP contribution in [0.25, 0.3) is 16.8 Å². The fourth-order valence-corrected chi connectivity index (χ4v) is 5.19. The van der Waals surface area contributed by atoms with Crippen LogP contribution in [0.3, 0.4) is 0 Å². The zero-order chi connectivity index (χ0) is 23.1. The summed E-state index contributed by atoms with van der Waals surface area (Å²) in [7, 11) is 1.73. The molecule has 1 aliphatic rings. The van der Waals surface area contributed by atoms with Gasteiger partial charge in [-0.05, 0) is 75.1 Å². The molecule has 172 valence electrons. The van der Waals surface area contributed by atoms with Crippen LogP contribution in [0.15, 0.2) is 45.9 Å². The molecule has 0 spiro atoms. The summed E-state index contributed by atoms with van der Waals surface area (Å²) in [6.07, 6.45) is 4.66. The van der Waals surface area contributed by atoms with Gasteiger partial charge in [0.15, 0.2) is 5.76 Å². The van der Waals surface area contributed by atoms with E-state index in [4.69, 9.17) is 14.4 Å². The number of benzene rings is 1. The number of pyridine rings is 1. The summed E-state index contributed by atoms with van der Waals surface area (Å²) in [5.74, 6) is 2.47. The fourth-order valence-electron chi connectivity index (χ4n) is 4.60. The molecule has 3 heterocycles. The Morgan fingerprint density at radius 2 is 2.00 bits per heavy atom. The van der Waals surface area contributed by atoms with Gasteiger partial charge in [-0.3, -0.25) is 0 Å². The van der Waals surface area contributed by atoms with Gasteiger partial charge in [-0.1, -0.05) is 17.3 Å². The number of thioether (sulfide) groups is 1. The van der Waals surface area contributed by atoms with Crippen LogP contribution >= 0.6 is 11.8 Å². The minimum Gasteiger partial charge on any atom is -0.496 e. The summed E-state index contributed by atoms with van der Waals surface area (Å²) in [4.78, 5) is 2.43. The topological polar surface area (TPSA) is 55.8 Å². The summed E-state index contributed by atoms with van der Waals surface area (Å²) in [5, 5.41) is 10.2. The van der Waals surface area contributed by atoms with Crippen LogP contribution < -0.4 is 9.64 Å². The molecule has 4 aromatic rings. The van der Waals surface area contributed by atoms with Crippen LogP contribution in [-0.2, 0) is 6.54 Å². The standard InChI is InChI=1S/C26H30N4O2S/c1-16-11-17(2)24(23(12-16)31-4)21-7-6-8-22-25(26(33-5)27-30(21)22)29(14-19-9-10-19)15-20-13-18(3)28-32-20/h6-8,11-13,19H,9-10,14-15H2,1-5H3. The van der Waals surface area contributed by atoms with Crippen molar-refractivity contribution >= 4 is 23.0 Å². The number of rotatable bonds is 8. The second kappa shape index (κ2) is 8.78. The maximum atomic E-state index is 5.79. The largest absolute Gasteiger partial charge is 0.496 e. The molecular weight excluding hydrogens is 432 g/mol. The normalized spacial score (nSPS) is 13.6. The van der Waals surface area contributed by atoms with E-state index in [0.717, 1.165) is 57.2 Å². The quantitative estimate of drug-likeness (QED) is 0.297. The Morgan fingerprint density at radius 3 is 2.67 bits per heavy atom. The minimum absolute atomic E-state index is 0.684.